The second-order valence-corrected chi connectivity index (χ2v) is 11.6. The van der Waals surface area contributed by atoms with Gasteiger partial charge in [0, 0.05) is 56.0 Å². The van der Waals surface area contributed by atoms with Crippen molar-refractivity contribution < 1.29 is 31.9 Å². The molecule has 1 amide bonds. The van der Waals surface area contributed by atoms with Crippen molar-refractivity contribution in [2.45, 2.75) is 19.4 Å². The molecule has 1 fully saturated rings. The van der Waals surface area contributed by atoms with Crippen LogP contribution in [0.1, 0.15) is 33.5 Å². The standard InChI is InChI=1S/C36H29F4N5O4/c37-29-5-2-1-4-25(29)22-44-21-24(16-23-18-30(38)34(40)31(39)19-23)17-28(35(44)48)32(46)20-33(47)36(49)43-14-12-42(13-15-43)26-6-8-27(9-7-26)45-11-3-10-41-45/h1-11,17-19,21H,12-16,20,22H2. The number of rotatable bonds is 10. The minimum Gasteiger partial charge on any atom is -0.368 e. The fourth-order valence-corrected chi connectivity index (χ4v) is 5.77. The Labute approximate surface area is 277 Å². The average Bonchev–Trinajstić information content (AvgIpc) is 3.64. The smallest absolute Gasteiger partial charge is 0.290 e. The largest absolute Gasteiger partial charge is 0.368 e. The van der Waals surface area contributed by atoms with Crippen LogP contribution in [-0.4, -0.2) is 62.9 Å². The van der Waals surface area contributed by atoms with Gasteiger partial charge in [-0.15, -0.1) is 0 Å². The van der Waals surface area contributed by atoms with E-state index in [0.29, 0.717) is 13.1 Å². The zero-order chi connectivity index (χ0) is 34.7. The Kier molecular flexibility index (Phi) is 9.51. The minimum absolute atomic E-state index is 0.00476. The molecule has 0 spiro atoms. The fourth-order valence-electron chi connectivity index (χ4n) is 5.77. The maximum Gasteiger partial charge on any atom is 0.290 e. The zero-order valence-electron chi connectivity index (χ0n) is 26.0. The number of halogens is 4. The van der Waals surface area contributed by atoms with Gasteiger partial charge >= 0.3 is 0 Å². The van der Waals surface area contributed by atoms with E-state index in [2.05, 4.69) is 10.00 Å². The summed E-state index contributed by atoms with van der Waals surface area (Å²) in [6.45, 7) is 1.06. The average molecular weight is 672 g/mol. The Hall–Kier alpha value is -5.85. The third-order valence-corrected chi connectivity index (χ3v) is 8.30. The van der Waals surface area contributed by atoms with Gasteiger partial charge in [0.15, 0.2) is 23.2 Å². The van der Waals surface area contributed by atoms with Gasteiger partial charge in [0.1, 0.15) is 5.82 Å². The number of Topliss-reactive ketones (excluding diaryl/α,β-unsaturated/α-hetero) is 2. The molecule has 49 heavy (non-hydrogen) atoms. The summed E-state index contributed by atoms with van der Waals surface area (Å²) in [7, 11) is 0. The number of nitrogens with zero attached hydrogens (tertiary/aromatic N) is 5. The van der Waals surface area contributed by atoms with Gasteiger partial charge in [0.05, 0.1) is 24.2 Å². The molecule has 250 valence electrons. The van der Waals surface area contributed by atoms with Gasteiger partial charge < -0.3 is 14.4 Å². The molecule has 0 radical (unpaired) electrons. The monoisotopic (exact) mass is 671 g/mol. The van der Waals surface area contributed by atoms with Crippen LogP contribution in [0, 0.1) is 23.3 Å². The Bertz CT molecular complexity index is 2070. The summed E-state index contributed by atoms with van der Waals surface area (Å²) in [6, 6.07) is 17.9. The van der Waals surface area contributed by atoms with E-state index in [0.717, 1.165) is 34.1 Å². The molecular weight excluding hydrogens is 642 g/mol. The third-order valence-electron chi connectivity index (χ3n) is 8.30. The first-order valence-electron chi connectivity index (χ1n) is 15.4. The zero-order valence-corrected chi connectivity index (χ0v) is 26.0. The minimum atomic E-state index is -1.64. The normalized spacial score (nSPS) is 13.1. The quantitative estimate of drug-likeness (QED) is 0.0702. The number of anilines is 1. The van der Waals surface area contributed by atoms with Crippen molar-refractivity contribution in [2.24, 2.45) is 0 Å². The topological polar surface area (TPSA) is 97.5 Å². The fraction of sp³-hybridized carbons (Fsp3) is 0.194. The van der Waals surface area contributed by atoms with E-state index in [1.54, 1.807) is 16.9 Å². The predicted molar refractivity (Wildman–Crippen MR) is 172 cm³/mol. The summed E-state index contributed by atoms with van der Waals surface area (Å²) in [4.78, 5) is 56.3. The lowest BCUT2D eigenvalue weighted by atomic mass is 10.0. The van der Waals surface area contributed by atoms with Gasteiger partial charge in [-0.3, -0.25) is 19.2 Å². The summed E-state index contributed by atoms with van der Waals surface area (Å²) in [5, 5.41) is 4.21. The van der Waals surface area contributed by atoms with Gasteiger partial charge in [-0.05, 0) is 72.1 Å². The number of piperazine rings is 1. The Morgan fingerprint density at radius 3 is 2.08 bits per heavy atom. The number of carbonyl (C=O) groups excluding carboxylic acids is 3. The summed E-state index contributed by atoms with van der Waals surface area (Å²) in [6.07, 6.45) is 3.68. The number of hydrogen-bond acceptors (Lipinski definition) is 6. The molecule has 3 aromatic carbocycles. The van der Waals surface area contributed by atoms with E-state index >= 15 is 0 Å². The van der Waals surface area contributed by atoms with Crippen LogP contribution in [0.15, 0.2) is 96.2 Å². The number of amides is 1. The van der Waals surface area contributed by atoms with Gasteiger partial charge in [-0.25, -0.2) is 22.2 Å². The van der Waals surface area contributed by atoms with E-state index in [9.17, 15) is 36.7 Å². The molecule has 3 heterocycles. The van der Waals surface area contributed by atoms with Crippen molar-refractivity contribution in [1.29, 1.82) is 0 Å². The second kappa shape index (κ2) is 14.1. The molecule has 0 aliphatic carbocycles. The summed E-state index contributed by atoms with van der Waals surface area (Å²) >= 11 is 0. The van der Waals surface area contributed by atoms with Crippen LogP contribution in [0.5, 0.6) is 0 Å². The molecule has 0 unspecified atom stereocenters. The second-order valence-electron chi connectivity index (χ2n) is 11.6. The summed E-state index contributed by atoms with van der Waals surface area (Å²) in [5.41, 5.74) is 0.853. The number of pyridine rings is 1. The van der Waals surface area contributed by atoms with Gasteiger partial charge in [0.25, 0.3) is 11.5 Å². The summed E-state index contributed by atoms with van der Waals surface area (Å²) in [5.74, 6) is -7.90. The molecule has 9 nitrogen and oxygen atoms in total. The highest BCUT2D eigenvalue weighted by molar-refractivity contribution is 6.40. The predicted octanol–water partition coefficient (Wildman–Crippen LogP) is 4.72. The molecule has 1 aliphatic heterocycles. The molecule has 0 bridgehead atoms. The van der Waals surface area contributed by atoms with Crippen molar-refractivity contribution in [3.8, 4) is 5.69 Å². The number of hydrogen-bond donors (Lipinski definition) is 0. The molecule has 13 heteroatoms. The number of benzene rings is 3. The Balaban J connectivity index is 1.16. The Morgan fingerprint density at radius 1 is 0.755 bits per heavy atom. The first-order chi connectivity index (χ1) is 23.6. The van der Waals surface area contributed by atoms with E-state index < -0.39 is 58.3 Å². The van der Waals surface area contributed by atoms with Gasteiger partial charge in [0.2, 0.25) is 5.78 Å². The van der Waals surface area contributed by atoms with E-state index in [1.807, 2.05) is 36.5 Å². The maximum absolute atomic E-state index is 14.5. The van der Waals surface area contributed by atoms with Crippen molar-refractivity contribution in [3.05, 3.63) is 147 Å². The number of aromatic nitrogens is 3. The number of ketones is 2. The highest BCUT2D eigenvalue weighted by atomic mass is 19.2. The van der Waals surface area contributed by atoms with Crippen molar-refractivity contribution >= 4 is 23.2 Å². The van der Waals surface area contributed by atoms with E-state index in [-0.39, 0.29) is 42.7 Å². The van der Waals surface area contributed by atoms with Crippen molar-refractivity contribution in [3.63, 3.8) is 0 Å². The molecular formula is C36H29F4N5O4. The lowest BCUT2D eigenvalue weighted by Crippen LogP contribution is -2.51. The van der Waals surface area contributed by atoms with Crippen molar-refractivity contribution in [1.82, 2.24) is 19.2 Å². The first-order valence-corrected chi connectivity index (χ1v) is 15.4. The first kappa shape index (κ1) is 33.1. The van der Waals surface area contributed by atoms with E-state index in [1.165, 1.54) is 29.3 Å². The summed E-state index contributed by atoms with van der Waals surface area (Å²) < 4.78 is 58.6. The molecule has 6 rings (SSSR count). The van der Waals surface area contributed by atoms with Crippen LogP contribution in [-0.2, 0) is 22.6 Å². The molecule has 1 aliphatic rings. The molecule has 1 saturated heterocycles. The molecule has 2 aromatic heterocycles. The highest BCUT2D eigenvalue weighted by Gasteiger charge is 2.29. The van der Waals surface area contributed by atoms with Crippen LogP contribution in [0.25, 0.3) is 5.69 Å². The lowest BCUT2D eigenvalue weighted by molar-refractivity contribution is -0.144. The Morgan fingerprint density at radius 2 is 1.43 bits per heavy atom. The third kappa shape index (κ3) is 7.35. The van der Waals surface area contributed by atoms with Crippen molar-refractivity contribution in [2.75, 3.05) is 31.1 Å². The van der Waals surface area contributed by atoms with Crippen LogP contribution >= 0.6 is 0 Å². The molecule has 0 atom stereocenters. The van der Waals surface area contributed by atoms with Gasteiger partial charge in [-0.2, -0.15) is 5.10 Å². The lowest BCUT2D eigenvalue weighted by Gasteiger charge is -2.35. The molecule has 0 N–H and O–H groups in total. The maximum atomic E-state index is 14.5. The highest BCUT2D eigenvalue weighted by Crippen LogP contribution is 2.21. The van der Waals surface area contributed by atoms with Gasteiger partial charge in [-0.1, -0.05) is 18.2 Å². The molecule has 5 aromatic rings. The number of carbonyl (C=O) groups is 3. The van der Waals surface area contributed by atoms with Crippen LogP contribution < -0.4 is 10.5 Å². The van der Waals surface area contributed by atoms with Crippen LogP contribution in [0.4, 0.5) is 23.2 Å². The van der Waals surface area contributed by atoms with Crippen LogP contribution in [0.2, 0.25) is 0 Å². The SMILES string of the molecule is O=C(CC(=O)c1cc(Cc2cc(F)c(F)c(F)c2)cn(Cc2ccccc2F)c1=O)C(=O)N1CCN(c2ccc(-n3cccn3)cc2)CC1. The van der Waals surface area contributed by atoms with Crippen LogP contribution in [0.3, 0.4) is 0 Å². The van der Waals surface area contributed by atoms with E-state index in [4.69, 9.17) is 0 Å². The molecule has 0 saturated carbocycles.